The van der Waals surface area contributed by atoms with E-state index in [0.29, 0.717) is 0 Å². The van der Waals surface area contributed by atoms with Gasteiger partial charge in [-0.15, -0.1) is 0 Å². The van der Waals surface area contributed by atoms with E-state index in [4.69, 9.17) is 0 Å². The van der Waals surface area contributed by atoms with Crippen molar-refractivity contribution in [1.82, 2.24) is 18.5 Å². The van der Waals surface area contributed by atoms with E-state index in [1.807, 2.05) is 18.2 Å². The summed E-state index contributed by atoms with van der Waals surface area (Å²) >= 11 is 0. The molecule has 0 saturated carbocycles. The van der Waals surface area contributed by atoms with Crippen LogP contribution in [0.4, 0.5) is 0 Å². The second kappa shape index (κ2) is 8.10. The average molecular weight is 143 g/mol. The van der Waals surface area contributed by atoms with E-state index in [1.54, 1.807) is 0 Å². The zero-order valence-corrected chi connectivity index (χ0v) is 6.51. The first kappa shape index (κ1) is 16.0. The highest BCUT2D eigenvalue weighted by atomic mass is 14.0. The molecule has 1 aromatic carbocycles. The topological polar surface area (TPSA) is 105 Å². The van der Waals surface area contributed by atoms with E-state index in [-0.39, 0.29) is 18.5 Å². The molecular weight excluding hydrogens is 126 g/mol. The summed E-state index contributed by atoms with van der Waals surface area (Å²) in [5.74, 6) is 0. The third kappa shape index (κ3) is 5.24. The molecule has 0 bridgehead atoms. The lowest BCUT2D eigenvalue weighted by Gasteiger charge is -1.82. The number of hydrogen-bond acceptors (Lipinski definition) is 3. The van der Waals surface area contributed by atoms with Gasteiger partial charge in [-0.1, -0.05) is 35.9 Å². The third-order valence-electron chi connectivity index (χ3n) is 0.940. The molecule has 0 aromatic heterocycles. The van der Waals surface area contributed by atoms with Gasteiger partial charge in [0, 0.05) is 0 Å². The molecule has 1 aromatic rings. The molecule has 0 amide bonds. The molecule has 0 aliphatic rings. The second-order valence-corrected chi connectivity index (χ2v) is 1.65. The Morgan fingerprint density at radius 2 is 1.20 bits per heavy atom. The monoisotopic (exact) mass is 143 g/mol. The molecule has 3 heteroatoms. The molecule has 0 unspecified atom stereocenters. The van der Waals surface area contributed by atoms with Gasteiger partial charge in [-0.2, -0.15) is 0 Å². The van der Waals surface area contributed by atoms with Crippen molar-refractivity contribution in [2.75, 3.05) is 0 Å². The minimum Gasteiger partial charge on any atom is -0.344 e. The fourth-order valence-corrected chi connectivity index (χ4v) is 0.534. The minimum atomic E-state index is 0. The van der Waals surface area contributed by atoms with Crippen LogP contribution in [0, 0.1) is 6.92 Å². The molecule has 0 fully saturated rings. The van der Waals surface area contributed by atoms with Crippen LogP contribution >= 0.6 is 0 Å². The first-order valence-corrected chi connectivity index (χ1v) is 2.41. The van der Waals surface area contributed by atoms with Gasteiger partial charge < -0.3 is 18.5 Å². The van der Waals surface area contributed by atoms with Gasteiger partial charge >= 0.3 is 0 Å². The second-order valence-electron chi connectivity index (χ2n) is 1.65. The van der Waals surface area contributed by atoms with Gasteiger partial charge in [-0.05, 0) is 6.92 Å². The highest BCUT2D eigenvalue weighted by Gasteiger charge is 1.72. The van der Waals surface area contributed by atoms with Crippen LogP contribution in [0.2, 0.25) is 0 Å². The smallest absolute Gasteiger partial charge is 0.0398 e. The van der Waals surface area contributed by atoms with Crippen molar-refractivity contribution < 1.29 is 0 Å². The normalized spacial score (nSPS) is 6.10. The summed E-state index contributed by atoms with van der Waals surface area (Å²) < 4.78 is 0. The average Bonchev–Trinajstić information content (AvgIpc) is 1.69. The lowest BCUT2D eigenvalue weighted by Crippen LogP contribution is -1.62. The molecular formula is C7H17N3. The van der Waals surface area contributed by atoms with E-state index in [1.165, 1.54) is 5.56 Å². The van der Waals surface area contributed by atoms with Gasteiger partial charge in [0.15, 0.2) is 0 Å². The van der Waals surface area contributed by atoms with E-state index < -0.39 is 0 Å². The van der Waals surface area contributed by atoms with E-state index in [2.05, 4.69) is 19.1 Å². The van der Waals surface area contributed by atoms with Crippen LogP contribution in [-0.2, 0) is 0 Å². The summed E-state index contributed by atoms with van der Waals surface area (Å²) in [4.78, 5) is 0. The fourth-order valence-electron chi connectivity index (χ4n) is 0.534. The maximum atomic E-state index is 2.08. The summed E-state index contributed by atoms with van der Waals surface area (Å²) in [6.45, 7) is 2.08. The Kier molecular flexibility index (Phi) is 13.0. The predicted octanol–water partition coefficient (Wildman–Crippen LogP) is 2.48. The van der Waals surface area contributed by atoms with Crippen molar-refractivity contribution in [2.24, 2.45) is 0 Å². The van der Waals surface area contributed by atoms with Crippen LogP contribution in [0.25, 0.3) is 0 Å². The molecule has 1 rings (SSSR count). The lowest BCUT2D eigenvalue weighted by atomic mass is 10.2. The van der Waals surface area contributed by atoms with E-state index in [9.17, 15) is 0 Å². The molecule has 3 nitrogen and oxygen atoms in total. The van der Waals surface area contributed by atoms with Crippen LogP contribution < -0.4 is 18.5 Å². The van der Waals surface area contributed by atoms with Crippen LogP contribution in [0.1, 0.15) is 5.56 Å². The van der Waals surface area contributed by atoms with Gasteiger partial charge in [0.05, 0.1) is 0 Å². The Morgan fingerprint density at radius 1 is 0.800 bits per heavy atom. The molecule has 0 radical (unpaired) electrons. The Bertz CT molecular complexity index is 139. The van der Waals surface area contributed by atoms with Gasteiger partial charge in [-0.25, -0.2) is 0 Å². The van der Waals surface area contributed by atoms with Crippen molar-refractivity contribution >= 4 is 0 Å². The zero-order chi connectivity index (χ0) is 5.11. The molecule has 9 N–H and O–H groups in total. The third-order valence-corrected chi connectivity index (χ3v) is 0.940. The van der Waals surface area contributed by atoms with Crippen molar-refractivity contribution in [3.8, 4) is 0 Å². The highest BCUT2D eigenvalue weighted by molar-refractivity contribution is 5.11. The zero-order valence-electron chi connectivity index (χ0n) is 6.51. The SMILES string of the molecule is Cc1ccccc1.N.N.N. The lowest BCUT2D eigenvalue weighted by molar-refractivity contribution is 1.48. The molecule has 60 valence electrons. The molecule has 0 heterocycles. The van der Waals surface area contributed by atoms with Crippen molar-refractivity contribution in [2.45, 2.75) is 6.92 Å². The molecule has 0 atom stereocenters. The Morgan fingerprint density at radius 3 is 1.40 bits per heavy atom. The molecule has 0 saturated heterocycles. The largest absolute Gasteiger partial charge is 0.344 e. The summed E-state index contributed by atoms with van der Waals surface area (Å²) in [5.41, 5.74) is 1.32. The number of hydrogen-bond donors (Lipinski definition) is 3. The van der Waals surface area contributed by atoms with Gasteiger partial charge in [-0.3, -0.25) is 0 Å². The highest BCUT2D eigenvalue weighted by Crippen LogP contribution is 1.92. The number of benzene rings is 1. The predicted molar refractivity (Wildman–Crippen MR) is 46.2 cm³/mol. The minimum absolute atomic E-state index is 0. The maximum absolute atomic E-state index is 2.08. The quantitative estimate of drug-likeness (QED) is 0.519. The summed E-state index contributed by atoms with van der Waals surface area (Å²) in [7, 11) is 0. The maximum Gasteiger partial charge on any atom is -0.0398 e. The standard InChI is InChI=1S/C7H8.3H3N/c1-7-5-3-2-4-6-7;;;/h2-6H,1H3;3*1H3. The first-order valence-electron chi connectivity index (χ1n) is 2.41. The van der Waals surface area contributed by atoms with Crippen molar-refractivity contribution in [1.29, 1.82) is 0 Å². The van der Waals surface area contributed by atoms with Crippen LogP contribution in [0.5, 0.6) is 0 Å². The van der Waals surface area contributed by atoms with Gasteiger partial charge in [0.2, 0.25) is 0 Å². The van der Waals surface area contributed by atoms with Crippen molar-refractivity contribution in [3.05, 3.63) is 35.9 Å². The number of aryl methyl sites for hydroxylation is 1. The summed E-state index contributed by atoms with van der Waals surface area (Å²) in [5, 5.41) is 0. The molecule has 0 aliphatic heterocycles. The summed E-state index contributed by atoms with van der Waals surface area (Å²) in [6, 6.07) is 10.3. The van der Waals surface area contributed by atoms with Crippen molar-refractivity contribution in [3.63, 3.8) is 0 Å². The summed E-state index contributed by atoms with van der Waals surface area (Å²) in [6.07, 6.45) is 0. The Hall–Kier alpha value is -0.900. The first-order chi connectivity index (χ1) is 3.39. The molecule has 10 heavy (non-hydrogen) atoms. The number of rotatable bonds is 0. The van der Waals surface area contributed by atoms with Crippen LogP contribution in [0.3, 0.4) is 0 Å². The Balaban J connectivity index is -0.000000163. The van der Waals surface area contributed by atoms with Crippen LogP contribution in [0.15, 0.2) is 30.3 Å². The molecule has 0 spiro atoms. The van der Waals surface area contributed by atoms with E-state index in [0.717, 1.165) is 0 Å². The van der Waals surface area contributed by atoms with Crippen LogP contribution in [-0.4, -0.2) is 0 Å². The molecule has 0 aliphatic carbocycles. The Labute approximate surface area is 62.2 Å². The van der Waals surface area contributed by atoms with Gasteiger partial charge in [0.1, 0.15) is 0 Å². The van der Waals surface area contributed by atoms with E-state index >= 15 is 0 Å². The van der Waals surface area contributed by atoms with Gasteiger partial charge in [0.25, 0.3) is 0 Å². The fraction of sp³-hybridized carbons (Fsp3) is 0.143.